The zero-order valence-corrected chi connectivity index (χ0v) is 15.0. The summed E-state index contributed by atoms with van der Waals surface area (Å²) >= 11 is 0. The van der Waals surface area contributed by atoms with Gasteiger partial charge in [-0.1, -0.05) is 18.2 Å². The third kappa shape index (κ3) is 4.23. The highest BCUT2D eigenvalue weighted by Crippen LogP contribution is 2.37. The van der Waals surface area contributed by atoms with Gasteiger partial charge in [0.05, 0.1) is 17.5 Å². The molecule has 0 unspecified atom stereocenters. The molecule has 0 saturated carbocycles. The molecule has 1 aromatic heterocycles. The van der Waals surface area contributed by atoms with E-state index in [1.807, 2.05) is 0 Å². The first-order valence-corrected chi connectivity index (χ1v) is 8.45. The molecule has 3 aromatic rings. The van der Waals surface area contributed by atoms with Crippen LogP contribution >= 0.6 is 0 Å². The lowest BCUT2D eigenvalue weighted by molar-refractivity contribution is -0.143. The van der Waals surface area contributed by atoms with Crippen molar-refractivity contribution in [3.8, 4) is 0 Å². The molecule has 0 bridgehead atoms. The van der Waals surface area contributed by atoms with Crippen LogP contribution in [0.3, 0.4) is 0 Å². The van der Waals surface area contributed by atoms with Gasteiger partial charge in [-0.25, -0.2) is 0 Å². The van der Waals surface area contributed by atoms with Crippen LogP contribution in [0.15, 0.2) is 42.5 Å². The molecular weight excluding hydrogens is 400 g/mol. The van der Waals surface area contributed by atoms with Crippen molar-refractivity contribution >= 4 is 16.9 Å². The van der Waals surface area contributed by atoms with E-state index in [1.165, 1.54) is 4.57 Å². The van der Waals surface area contributed by atoms with Crippen LogP contribution in [0, 0.1) is 6.92 Å². The lowest BCUT2D eigenvalue weighted by atomic mass is 10.0. The van der Waals surface area contributed by atoms with Crippen molar-refractivity contribution in [2.45, 2.75) is 32.2 Å². The van der Waals surface area contributed by atoms with E-state index >= 15 is 0 Å². The highest BCUT2D eigenvalue weighted by atomic mass is 19.4. The molecule has 1 N–H and O–H groups in total. The highest BCUT2D eigenvalue weighted by molar-refractivity contribution is 5.89. The van der Waals surface area contributed by atoms with Crippen molar-refractivity contribution in [1.29, 1.82) is 0 Å². The van der Waals surface area contributed by atoms with E-state index < -0.39 is 29.4 Å². The Hall–Kier alpha value is -2.97. The fourth-order valence-corrected chi connectivity index (χ4v) is 3.37. The van der Waals surface area contributed by atoms with E-state index in [0.29, 0.717) is 34.3 Å². The van der Waals surface area contributed by atoms with E-state index in [-0.39, 0.29) is 24.6 Å². The molecule has 0 aliphatic carbocycles. The van der Waals surface area contributed by atoms with Crippen LogP contribution in [0.25, 0.3) is 10.9 Å². The zero-order chi connectivity index (χ0) is 21.6. The van der Waals surface area contributed by atoms with Gasteiger partial charge in [-0.2, -0.15) is 26.3 Å². The Labute approximate surface area is 161 Å². The summed E-state index contributed by atoms with van der Waals surface area (Å²) in [6.07, 6.45) is -10.2. The SMILES string of the molecule is Cc1c(CC(=O)O)c2ccccc2n1Cc1cc(C(F)(F)F)cc(C(F)(F)F)c1. The third-order valence-electron chi connectivity index (χ3n) is 4.68. The first-order valence-electron chi connectivity index (χ1n) is 8.45. The van der Waals surface area contributed by atoms with Crippen molar-refractivity contribution < 1.29 is 36.2 Å². The minimum atomic E-state index is -4.93. The molecule has 0 atom stereocenters. The maximum absolute atomic E-state index is 13.1. The predicted molar refractivity (Wildman–Crippen MR) is 93.6 cm³/mol. The van der Waals surface area contributed by atoms with Gasteiger partial charge in [-0.15, -0.1) is 0 Å². The van der Waals surface area contributed by atoms with Crippen LogP contribution in [-0.2, 0) is 30.1 Å². The molecule has 3 nitrogen and oxygen atoms in total. The second-order valence-electron chi connectivity index (χ2n) is 6.65. The summed E-state index contributed by atoms with van der Waals surface area (Å²) in [4.78, 5) is 11.2. The van der Waals surface area contributed by atoms with Crippen LogP contribution in [0.2, 0.25) is 0 Å². The largest absolute Gasteiger partial charge is 0.481 e. The van der Waals surface area contributed by atoms with Crippen LogP contribution in [0.4, 0.5) is 26.3 Å². The fourth-order valence-electron chi connectivity index (χ4n) is 3.37. The van der Waals surface area contributed by atoms with Gasteiger partial charge in [0.15, 0.2) is 0 Å². The summed E-state index contributed by atoms with van der Waals surface area (Å²) in [6, 6.07) is 8.11. The van der Waals surface area contributed by atoms with Crippen LogP contribution < -0.4 is 0 Å². The Morgan fingerprint density at radius 2 is 1.52 bits per heavy atom. The topological polar surface area (TPSA) is 42.2 Å². The average Bonchev–Trinajstić information content (AvgIpc) is 2.85. The number of halogens is 6. The third-order valence-corrected chi connectivity index (χ3v) is 4.68. The van der Waals surface area contributed by atoms with Crippen LogP contribution in [-0.4, -0.2) is 15.6 Å². The lowest BCUT2D eigenvalue weighted by Gasteiger charge is -2.16. The van der Waals surface area contributed by atoms with Crippen LogP contribution in [0.5, 0.6) is 0 Å². The number of hydrogen-bond donors (Lipinski definition) is 1. The average molecular weight is 415 g/mol. The summed E-state index contributed by atoms with van der Waals surface area (Å²) in [5.74, 6) is -1.09. The molecule has 3 rings (SSSR count). The molecule has 1 heterocycles. The zero-order valence-electron chi connectivity index (χ0n) is 15.0. The Bertz CT molecular complexity index is 1050. The highest BCUT2D eigenvalue weighted by Gasteiger charge is 2.37. The van der Waals surface area contributed by atoms with Crippen molar-refractivity contribution in [1.82, 2.24) is 4.57 Å². The molecule has 9 heteroatoms. The number of rotatable bonds is 4. The van der Waals surface area contributed by atoms with Gasteiger partial charge in [-0.05, 0) is 42.3 Å². The van der Waals surface area contributed by atoms with E-state index in [1.54, 1.807) is 31.2 Å². The monoisotopic (exact) mass is 415 g/mol. The summed E-state index contributed by atoms with van der Waals surface area (Å²) in [5.41, 5.74) is -1.48. The maximum Gasteiger partial charge on any atom is 0.416 e. The van der Waals surface area contributed by atoms with E-state index in [9.17, 15) is 31.1 Å². The molecule has 0 spiro atoms. The van der Waals surface area contributed by atoms with Gasteiger partial charge in [0.1, 0.15) is 0 Å². The smallest absolute Gasteiger partial charge is 0.416 e. The normalized spacial score (nSPS) is 12.5. The lowest BCUT2D eigenvalue weighted by Crippen LogP contribution is -2.13. The molecule has 0 radical (unpaired) electrons. The minimum absolute atomic E-state index is 0.0833. The number of para-hydroxylation sites is 1. The molecule has 0 saturated heterocycles. The molecule has 0 aliphatic heterocycles. The van der Waals surface area contributed by atoms with Gasteiger partial charge in [0.2, 0.25) is 0 Å². The van der Waals surface area contributed by atoms with Gasteiger partial charge >= 0.3 is 18.3 Å². The fraction of sp³-hybridized carbons (Fsp3) is 0.250. The summed E-state index contributed by atoms with van der Waals surface area (Å²) in [6.45, 7) is 1.33. The number of aliphatic carboxylic acids is 1. The summed E-state index contributed by atoms with van der Waals surface area (Å²) < 4.78 is 80.2. The van der Waals surface area contributed by atoms with Crippen molar-refractivity contribution in [3.63, 3.8) is 0 Å². The number of benzene rings is 2. The van der Waals surface area contributed by atoms with Gasteiger partial charge in [-0.3, -0.25) is 4.79 Å². The molecular formula is C20H15F6NO2. The van der Waals surface area contributed by atoms with Crippen molar-refractivity contribution in [2.24, 2.45) is 0 Å². The molecule has 29 heavy (non-hydrogen) atoms. The van der Waals surface area contributed by atoms with Gasteiger partial charge in [0, 0.05) is 23.1 Å². The first kappa shape index (κ1) is 20.8. The van der Waals surface area contributed by atoms with Crippen LogP contribution in [0.1, 0.15) is 27.9 Å². The quantitative estimate of drug-likeness (QED) is 0.559. The van der Waals surface area contributed by atoms with Gasteiger partial charge in [0.25, 0.3) is 0 Å². The van der Waals surface area contributed by atoms with E-state index in [0.717, 1.165) is 0 Å². The Balaban J connectivity index is 2.17. The number of alkyl halides is 6. The summed E-state index contributed by atoms with van der Waals surface area (Å²) in [5, 5.41) is 9.74. The Morgan fingerprint density at radius 3 is 2.03 bits per heavy atom. The minimum Gasteiger partial charge on any atom is -0.481 e. The number of fused-ring (bicyclic) bond motifs is 1. The van der Waals surface area contributed by atoms with E-state index in [2.05, 4.69) is 0 Å². The number of aromatic nitrogens is 1. The number of carboxylic acids is 1. The first-order chi connectivity index (χ1) is 13.4. The number of carbonyl (C=O) groups is 1. The van der Waals surface area contributed by atoms with Crippen molar-refractivity contribution in [2.75, 3.05) is 0 Å². The molecule has 2 aromatic carbocycles. The second kappa shape index (κ2) is 7.13. The standard InChI is InChI=1S/C20H15F6NO2/c1-11-16(9-18(28)29)15-4-2-3-5-17(15)27(11)10-12-6-13(19(21,22)23)8-14(7-12)20(24,25)26/h2-8H,9-10H2,1H3,(H,28,29). The Morgan fingerprint density at radius 1 is 0.966 bits per heavy atom. The number of nitrogens with zero attached hydrogens (tertiary/aromatic N) is 1. The van der Waals surface area contributed by atoms with Gasteiger partial charge < -0.3 is 9.67 Å². The second-order valence-corrected chi connectivity index (χ2v) is 6.65. The number of hydrogen-bond acceptors (Lipinski definition) is 1. The molecule has 0 amide bonds. The Kier molecular flexibility index (Phi) is 5.10. The maximum atomic E-state index is 13.1. The molecule has 0 fully saturated rings. The molecule has 0 aliphatic rings. The number of carboxylic acid groups (broad SMARTS) is 1. The predicted octanol–water partition coefficient (Wildman–Crippen LogP) is 5.66. The van der Waals surface area contributed by atoms with E-state index in [4.69, 9.17) is 5.11 Å². The molecule has 154 valence electrons. The van der Waals surface area contributed by atoms with Crippen molar-refractivity contribution in [3.05, 3.63) is 70.4 Å². The summed E-state index contributed by atoms with van der Waals surface area (Å²) in [7, 11) is 0.